The van der Waals surface area contributed by atoms with Crippen LogP contribution in [-0.4, -0.2) is 27.3 Å². The smallest absolute Gasteiger partial charge is 0.126 e. The molecule has 2 aromatic rings. The zero-order chi connectivity index (χ0) is 13.9. The zero-order valence-electron chi connectivity index (χ0n) is 12.1. The molecule has 2 unspecified atom stereocenters. The molecular formula is C17H21NO2. The standard InChI is InChI=1S/C17H21NO2/c1-18-11-12-9-10-20-17(12)15-7-8-16(19-2)14-6-4-3-5-13(14)15/h3-8,12,17-18H,9-11H2,1-2H3. The average Bonchev–Trinajstić information content (AvgIpc) is 2.94. The number of hydrogen-bond acceptors (Lipinski definition) is 3. The summed E-state index contributed by atoms with van der Waals surface area (Å²) in [6.45, 7) is 1.84. The van der Waals surface area contributed by atoms with Gasteiger partial charge in [0.05, 0.1) is 13.2 Å². The first kappa shape index (κ1) is 13.4. The molecule has 3 heteroatoms. The number of rotatable bonds is 4. The highest BCUT2D eigenvalue weighted by Crippen LogP contribution is 2.39. The van der Waals surface area contributed by atoms with Crippen LogP contribution in [0.15, 0.2) is 36.4 Å². The van der Waals surface area contributed by atoms with Crippen LogP contribution in [0.4, 0.5) is 0 Å². The summed E-state index contributed by atoms with van der Waals surface area (Å²) in [6, 6.07) is 12.6. The molecule has 3 nitrogen and oxygen atoms in total. The lowest BCUT2D eigenvalue weighted by molar-refractivity contribution is 0.0921. The molecule has 1 saturated heterocycles. The van der Waals surface area contributed by atoms with Crippen LogP contribution in [0.5, 0.6) is 5.75 Å². The predicted molar refractivity (Wildman–Crippen MR) is 81.2 cm³/mol. The highest BCUT2D eigenvalue weighted by molar-refractivity contribution is 5.91. The van der Waals surface area contributed by atoms with Crippen molar-refractivity contribution >= 4 is 10.8 Å². The van der Waals surface area contributed by atoms with E-state index < -0.39 is 0 Å². The van der Waals surface area contributed by atoms with Crippen LogP contribution in [0.2, 0.25) is 0 Å². The minimum Gasteiger partial charge on any atom is -0.496 e. The number of benzene rings is 2. The molecule has 1 aliphatic rings. The van der Waals surface area contributed by atoms with Gasteiger partial charge in [-0.1, -0.05) is 30.3 Å². The van der Waals surface area contributed by atoms with Crippen LogP contribution >= 0.6 is 0 Å². The average molecular weight is 271 g/mol. The normalized spacial score (nSPS) is 22.3. The quantitative estimate of drug-likeness (QED) is 0.926. The number of hydrogen-bond donors (Lipinski definition) is 1. The van der Waals surface area contributed by atoms with Crippen molar-refractivity contribution in [2.75, 3.05) is 27.3 Å². The molecular weight excluding hydrogens is 250 g/mol. The Kier molecular flexibility index (Phi) is 3.90. The van der Waals surface area contributed by atoms with Crippen molar-refractivity contribution in [3.63, 3.8) is 0 Å². The number of ether oxygens (including phenoxy) is 2. The summed E-state index contributed by atoms with van der Waals surface area (Å²) in [5.74, 6) is 1.46. The maximum absolute atomic E-state index is 6.00. The molecule has 0 bridgehead atoms. The summed E-state index contributed by atoms with van der Waals surface area (Å²) in [5, 5.41) is 5.67. The molecule has 3 rings (SSSR count). The molecule has 1 fully saturated rings. The first-order valence-electron chi connectivity index (χ1n) is 7.17. The molecule has 0 radical (unpaired) electrons. The summed E-state index contributed by atoms with van der Waals surface area (Å²) < 4.78 is 11.5. The van der Waals surface area contributed by atoms with Gasteiger partial charge in [0.15, 0.2) is 0 Å². The fraction of sp³-hybridized carbons (Fsp3) is 0.412. The van der Waals surface area contributed by atoms with Gasteiger partial charge in [-0.3, -0.25) is 0 Å². The Morgan fingerprint density at radius 3 is 2.75 bits per heavy atom. The maximum atomic E-state index is 6.00. The van der Waals surface area contributed by atoms with Crippen LogP contribution < -0.4 is 10.1 Å². The van der Waals surface area contributed by atoms with E-state index in [1.54, 1.807) is 7.11 Å². The van der Waals surface area contributed by atoms with Crippen molar-refractivity contribution < 1.29 is 9.47 Å². The molecule has 2 aromatic carbocycles. The van der Waals surface area contributed by atoms with Crippen LogP contribution in [0, 0.1) is 5.92 Å². The van der Waals surface area contributed by atoms with Crippen molar-refractivity contribution in [2.24, 2.45) is 5.92 Å². The van der Waals surface area contributed by atoms with Crippen molar-refractivity contribution in [3.05, 3.63) is 42.0 Å². The summed E-state index contributed by atoms with van der Waals surface area (Å²) in [5.41, 5.74) is 1.28. The Balaban J connectivity index is 2.08. The van der Waals surface area contributed by atoms with Gasteiger partial charge in [0.1, 0.15) is 5.75 Å². The summed E-state index contributed by atoms with van der Waals surface area (Å²) in [4.78, 5) is 0. The molecule has 1 aliphatic heterocycles. The monoisotopic (exact) mass is 271 g/mol. The molecule has 106 valence electrons. The van der Waals surface area contributed by atoms with Crippen LogP contribution in [-0.2, 0) is 4.74 Å². The Labute approximate surface area is 119 Å². The second-order valence-corrected chi connectivity index (χ2v) is 5.30. The number of nitrogens with one attached hydrogen (secondary N) is 1. The number of fused-ring (bicyclic) bond motifs is 1. The van der Waals surface area contributed by atoms with Crippen molar-refractivity contribution in [1.29, 1.82) is 0 Å². The third kappa shape index (κ3) is 2.28. The third-order valence-electron chi connectivity index (χ3n) is 4.12. The molecule has 2 atom stereocenters. The minimum atomic E-state index is 0.179. The van der Waals surface area contributed by atoms with Gasteiger partial charge in [0.2, 0.25) is 0 Å². The highest BCUT2D eigenvalue weighted by atomic mass is 16.5. The highest BCUT2D eigenvalue weighted by Gasteiger charge is 2.30. The van der Waals surface area contributed by atoms with E-state index in [-0.39, 0.29) is 6.10 Å². The summed E-state index contributed by atoms with van der Waals surface area (Å²) >= 11 is 0. The largest absolute Gasteiger partial charge is 0.496 e. The molecule has 1 N–H and O–H groups in total. The van der Waals surface area contributed by atoms with Gasteiger partial charge in [0.25, 0.3) is 0 Å². The minimum absolute atomic E-state index is 0.179. The fourth-order valence-corrected chi connectivity index (χ4v) is 3.17. The molecule has 1 heterocycles. The van der Waals surface area contributed by atoms with Crippen LogP contribution in [0.3, 0.4) is 0 Å². The first-order valence-corrected chi connectivity index (χ1v) is 7.17. The van der Waals surface area contributed by atoms with E-state index in [9.17, 15) is 0 Å². The summed E-state index contributed by atoms with van der Waals surface area (Å²) in [6.07, 6.45) is 1.30. The lowest BCUT2D eigenvalue weighted by Gasteiger charge is -2.21. The lowest BCUT2D eigenvalue weighted by Crippen LogP contribution is -2.21. The predicted octanol–water partition coefficient (Wildman–Crippen LogP) is 3.15. The van der Waals surface area contributed by atoms with Crippen LogP contribution in [0.25, 0.3) is 10.8 Å². The first-order chi connectivity index (χ1) is 9.85. The van der Waals surface area contributed by atoms with Gasteiger partial charge in [-0.15, -0.1) is 0 Å². The van der Waals surface area contributed by atoms with Gasteiger partial charge in [0, 0.05) is 24.5 Å². The third-order valence-corrected chi connectivity index (χ3v) is 4.12. The zero-order valence-corrected chi connectivity index (χ0v) is 12.1. The van der Waals surface area contributed by atoms with Crippen molar-refractivity contribution in [3.8, 4) is 5.75 Å². The van der Waals surface area contributed by atoms with Gasteiger partial charge < -0.3 is 14.8 Å². The summed E-state index contributed by atoms with van der Waals surface area (Å²) in [7, 11) is 3.72. The van der Waals surface area contributed by atoms with E-state index in [2.05, 4.69) is 41.7 Å². The number of methoxy groups -OCH3 is 1. The van der Waals surface area contributed by atoms with Gasteiger partial charge in [-0.05, 0) is 30.5 Å². The topological polar surface area (TPSA) is 30.5 Å². The van der Waals surface area contributed by atoms with E-state index in [0.29, 0.717) is 5.92 Å². The van der Waals surface area contributed by atoms with Crippen molar-refractivity contribution in [1.82, 2.24) is 5.32 Å². The van der Waals surface area contributed by atoms with Crippen LogP contribution in [0.1, 0.15) is 18.1 Å². The maximum Gasteiger partial charge on any atom is 0.126 e. The van der Waals surface area contributed by atoms with E-state index in [4.69, 9.17) is 9.47 Å². The second-order valence-electron chi connectivity index (χ2n) is 5.30. The van der Waals surface area contributed by atoms with Gasteiger partial charge in [-0.25, -0.2) is 0 Å². The second kappa shape index (κ2) is 5.81. The van der Waals surface area contributed by atoms with E-state index in [1.165, 1.54) is 10.9 Å². The lowest BCUT2D eigenvalue weighted by atomic mass is 9.91. The Morgan fingerprint density at radius 2 is 2.00 bits per heavy atom. The molecule has 0 spiro atoms. The van der Waals surface area contributed by atoms with Crippen molar-refractivity contribution in [2.45, 2.75) is 12.5 Å². The Bertz CT molecular complexity index is 597. The van der Waals surface area contributed by atoms with E-state index in [0.717, 1.165) is 30.7 Å². The van der Waals surface area contributed by atoms with Gasteiger partial charge in [-0.2, -0.15) is 0 Å². The molecule has 0 aliphatic carbocycles. The Morgan fingerprint density at radius 1 is 1.20 bits per heavy atom. The molecule has 0 aromatic heterocycles. The molecule has 0 saturated carbocycles. The fourth-order valence-electron chi connectivity index (χ4n) is 3.17. The van der Waals surface area contributed by atoms with Gasteiger partial charge >= 0.3 is 0 Å². The molecule has 0 amide bonds. The van der Waals surface area contributed by atoms with E-state index in [1.807, 2.05) is 7.05 Å². The van der Waals surface area contributed by atoms with E-state index >= 15 is 0 Å². The SMILES string of the molecule is CNCC1CCOC1c1ccc(OC)c2ccccc12. The Hall–Kier alpha value is -1.58. The molecule has 20 heavy (non-hydrogen) atoms.